The maximum Gasteiger partial charge on any atom is 0.212 e. The van der Waals surface area contributed by atoms with Crippen molar-refractivity contribution < 1.29 is 13.2 Å². The summed E-state index contributed by atoms with van der Waals surface area (Å²) in [5, 5.41) is 0. The predicted octanol–water partition coefficient (Wildman–Crippen LogP) is 1.61. The zero-order chi connectivity index (χ0) is 12.0. The molecule has 0 bridgehead atoms. The van der Waals surface area contributed by atoms with Crippen LogP contribution in [0.5, 0.6) is 0 Å². The van der Waals surface area contributed by atoms with E-state index >= 15 is 0 Å². The van der Waals surface area contributed by atoms with Crippen molar-refractivity contribution in [1.29, 1.82) is 0 Å². The van der Waals surface area contributed by atoms with Crippen LogP contribution in [-0.4, -0.2) is 26.0 Å². The third-order valence-corrected chi connectivity index (χ3v) is 4.19. The third kappa shape index (κ3) is 5.61. The van der Waals surface area contributed by atoms with Crippen molar-refractivity contribution in [1.82, 2.24) is 4.72 Å². The van der Waals surface area contributed by atoms with E-state index in [4.69, 9.17) is 0 Å². The Hall–Kier alpha value is -0.420. The number of hydrogen-bond donors (Lipinski definition) is 1. The molecule has 5 heteroatoms. The topological polar surface area (TPSA) is 63.2 Å². The van der Waals surface area contributed by atoms with E-state index in [1.165, 1.54) is 19.3 Å². The molecule has 4 nitrogen and oxygen atoms in total. The lowest BCUT2D eigenvalue weighted by Crippen LogP contribution is -2.29. The van der Waals surface area contributed by atoms with E-state index in [1.54, 1.807) is 0 Å². The normalized spacial score (nSPS) is 20.1. The second-order valence-corrected chi connectivity index (χ2v) is 6.30. The van der Waals surface area contributed by atoms with E-state index in [1.807, 2.05) is 0 Å². The van der Waals surface area contributed by atoms with Crippen molar-refractivity contribution in [2.24, 2.45) is 0 Å². The molecule has 0 heterocycles. The lowest BCUT2D eigenvalue weighted by atomic mass is 10.1. The molecule has 1 unspecified atom stereocenters. The number of rotatable bonds is 9. The average Bonchev–Trinajstić information content (AvgIpc) is 2.86. The summed E-state index contributed by atoms with van der Waals surface area (Å²) in [4.78, 5) is 10.7. The number of carbonyl (C=O) groups excluding carboxylic acids is 1. The molecule has 1 rings (SSSR count). The van der Waals surface area contributed by atoms with E-state index in [2.05, 4.69) is 11.6 Å². The van der Waals surface area contributed by atoms with Gasteiger partial charge in [-0.2, -0.15) is 0 Å². The van der Waals surface area contributed by atoms with Crippen LogP contribution in [0.15, 0.2) is 0 Å². The highest BCUT2D eigenvalue weighted by Gasteiger charge is 2.37. The van der Waals surface area contributed by atoms with Gasteiger partial charge in [0, 0.05) is 6.42 Å². The van der Waals surface area contributed by atoms with E-state index < -0.39 is 16.1 Å². The number of ketones is 1. The van der Waals surface area contributed by atoms with Crippen molar-refractivity contribution in [3.8, 4) is 0 Å². The van der Waals surface area contributed by atoms with Gasteiger partial charge in [-0.25, -0.2) is 13.1 Å². The standard InChI is InChI=1S/C11H21NO3S/c1-2-3-4-5-6-7-8-16(14,15)12-10-9-11(10)13/h10,12H,2-9H2,1H3. The van der Waals surface area contributed by atoms with E-state index in [9.17, 15) is 13.2 Å². The molecule has 1 atom stereocenters. The van der Waals surface area contributed by atoms with E-state index in [-0.39, 0.29) is 11.5 Å². The Morgan fingerprint density at radius 3 is 2.31 bits per heavy atom. The van der Waals surface area contributed by atoms with Gasteiger partial charge in [0.2, 0.25) is 10.0 Å². The van der Waals surface area contributed by atoms with Gasteiger partial charge in [-0.3, -0.25) is 4.79 Å². The summed E-state index contributed by atoms with van der Waals surface area (Å²) >= 11 is 0. The largest absolute Gasteiger partial charge is 0.298 e. The minimum absolute atomic E-state index is 0.00604. The Morgan fingerprint density at radius 1 is 1.19 bits per heavy atom. The third-order valence-electron chi connectivity index (χ3n) is 2.72. The minimum Gasteiger partial charge on any atom is -0.298 e. The summed E-state index contributed by atoms with van der Waals surface area (Å²) in [6.45, 7) is 2.15. The monoisotopic (exact) mass is 247 g/mol. The van der Waals surface area contributed by atoms with Crippen LogP contribution in [0.1, 0.15) is 51.9 Å². The fourth-order valence-corrected chi connectivity index (χ4v) is 2.95. The molecule has 0 radical (unpaired) electrons. The van der Waals surface area contributed by atoms with Crippen molar-refractivity contribution in [3.63, 3.8) is 0 Å². The second-order valence-electron chi connectivity index (χ2n) is 4.43. The number of carbonyl (C=O) groups is 1. The highest BCUT2D eigenvalue weighted by molar-refractivity contribution is 7.89. The quantitative estimate of drug-likeness (QED) is 0.630. The molecule has 1 aliphatic rings. The van der Waals surface area contributed by atoms with Gasteiger partial charge < -0.3 is 0 Å². The number of hydrogen-bond acceptors (Lipinski definition) is 3. The molecule has 1 aliphatic carbocycles. The molecule has 0 aliphatic heterocycles. The first-order chi connectivity index (χ1) is 7.55. The Balaban J connectivity index is 2.04. The van der Waals surface area contributed by atoms with Gasteiger partial charge in [0.1, 0.15) is 0 Å². The smallest absolute Gasteiger partial charge is 0.212 e. The molecule has 16 heavy (non-hydrogen) atoms. The fourth-order valence-electron chi connectivity index (χ4n) is 1.60. The number of Topliss-reactive ketones (excluding diaryl/α,β-unsaturated/α-hetero) is 1. The summed E-state index contributed by atoms with van der Waals surface area (Å²) < 4.78 is 25.3. The van der Waals surface area contributed by atoms with Crippen LogP contribution in [0, 0.1) is 0 Å². The zero-order valence-corrected chi connectivity index (χ0v) is 10.7. The molecule has 1 N–H and O–H groups in total. The van der Waals surface area contributed by atoms with Gasteiger partial charge in [0.05, 0.1) is 11.8 Å². The summed E-state index contributed by atoms with van der Waals surface area (Å²) in [7, 11) is -3.21. The lowest BCUT2D eigenvalue weighted by molar-refractivity contribution is -0.110. The van der Waals surface area contributed by atoms with Crippen LogP contribution in [0.2, 0.25) is 0 Å². The van der Waals surface area contributed by atoms with Crippen LogP contribution in [0.4, 0.5) is 0 Å². The average molecular weight is 247 g/mol. The molecular formula is C11H21NO3S. The maximum atomic E-state index is 11.5. The highest BCUT2D eigenvalue weighted by Crippen LogP contribution is 2.15. The number of sulfonamides is 1. The molecule has 0 spiro atoms. The summed E-state index contributed by atoms with van der Waals surface area (Å²) in [5.74, 6) is 0.162. The van der Waals surface area contributed by atoms with Crippen LogP contribution >= 0.6 is 0 Å². The summed E-state index contributed by atoms with van der Waals surface area (Å²) in [6, 6.07) is -0.412. The van der Waals surface area contributed by atoms with Gasteiger partial charge in [0.15, 0.2) is 5.78 Å². The van der Waals surface area contributed by atoms with Crippen molar-refractivity contribution in [2.75, 3.05) is 5.75 Å². The zero-order valence-electron chi connectivity index (χ0n) is 9.87. The molecule has 0 aromatic carbocycles. The van der Waals surface area contributed by atoms with Crippen molar-refractivity contribution >= 4 is 15.8 Å². The molecule has 94 valence electrons. The molecule has 0 saturated heterocycles. The van der Waals surface area contributed by atoms with E-state index in [0.29, 0.717) is 12.8 Å². The van der Waals surface area contributed by atoms with Crippen LogP contribution in [0.3, 0.4) is 0 Å². The summed E-state index contributed by atoms with van der Waals surface area (Å²) in [5.41, 5.74) is 0. The molecule has 0 amide bonds. The van der Waals surface area contributed by atoms with Crippen LogP contribution < -0.4 is 4.72 Å². The van der Waals surface area contributed by atoms with E-state index in [0.717, 1.165) is 12.8 Å². The van der Waals surface area contributed by atoms with Crippen LogP contribution in [0.25, 0.3) is 0 Å². The lowest BCUT2D eigenvalue weighted by Gasteiger charge is -2.04. The van der Waals surface area contributed by atoms with Crippen molar-refractivity contribution in [2.45, 2.75) is 57.9 Å². The summed E-state index contributed by atoms with van der Waals surface area (Å²) in [6.07, 6.45) is 6.73. The van der Waals surface area contributed by atoms with Gasteiger partial charge in [-0.05, 0) is 6.42 Å². The van der Waals surface area contributed by atoms with Gasteiger partial charge in [0.25, 0.3) is 0 Å². The fraction of sp³-hybridized carbons (Fsp3) is 0.909. The molecular weight excluding hydrogens is 226 g/mol. The van der Waals surface area contributed by atoms with Gasteiger partial charge in [-0.15, -0.1) is 0 Å². The Labute approximate surface area is 97.9 Å². The Bertz CT molecular complexity index is 324. The van der Waals surface area contributed by atoms with Crippen LogP contribution in [-0.2, 0) is 14.8 Å². The maximum absolute atomic E-state index is 11.5. The van der Waals surface area contributed by atoms with Gasteiger partial charge >= 0.3 is 0 Å². The highest BCUT2D eigenvalue weighted by atomic mass is 32.2. The minimum atomic E-state index is -3.21. The molecule has 1 fully saturated rings. The number of unbranched alkanes of at least 4 members (excludes halogenated alkanes) is 5. The predicted molar refractivity (Wildman–Crippen MR) is 63.7 cm³/mol. The first-order valence-corrected chi connectivity index (χ1v) is 7.73. The van der Waals surface area contributed by atoms with Gasteiger partial charge in [-0.1, -0.05) is 39.0 Å². The first-order valence-electron chi connectivity index (χ1n) is 6.08. The van der Waals surface area contributed by atoms with Crippen molar-refractivity contribution in [3.05, 3.63) is 0 Å². The Kier molecular flexibility index (Phi) is 5.41. The second kappa shape index (κ2) is 6.35. The molecule has 1 saturated carbocycles. The Morgan fingerprint density at radius 2 is 1.75 bits per heavy atom. The SMILES string of the molecule is CCCCCCCCS(=O)(=O)NC1CC1=O. The first kappa shape index (κ1) is 13.6. The number of nitrogens with one attached hydrogen (secondary N) is 1. The molecule has 0 aromatic rings. The molecule has 0 aromatic heterocycles.